The van der Waals surface area contributed by atoms with E-state index in [1.165, 1.54) is 24.3 Å². The van der Waals surface area contributed by atoms with Gasteiger partial charge in [0.05, 0.1) is 10.5 Å². The standard InChI is InChI=1S/C16H15ClF3NO2S/c1-10-7-15(11(2)6-14(10)17)24(22,23)21-9-12-4-3-5-13(8-12)16(18,19)20/h3-8,21H,9H2,1-2H3. The van der Waals surface area contributed by atoms with Crippen molar-refractivity contribution in [2.75, 3.05) is 0 Å². The Morgan fingerprint density at radius 3 is 2.38 bits per heavy atom. The third kappa shape index (κ3) is 4.28. The lowest BCUT2D eigenvalue weighted by Crippen LogP contribution is -2.24. The lowest BCUT2D eigenvalue weighted by atomic mass is 10.1. The minimum atomic E-state index is -4.47. The predicted octanol–water partition coefficient (Wildman–Crippen LogP) is 4.45. The average molecular weight is 378 g/mol. The van der Waals surface area contributed by atoms with E-state index < -0.39 is 21.8 Å². The smallest absolute Gasteiger partial charge is 0.207 e. The summed E-state index contributed by atoms with van der Waals surface area (Å²) in [5.74, 6) is 0. The van der Waals surface area contributed by atoms with Gasteiger partial charge in [0.25, 0.3) is 0 Å². The molecule has 0 unspecified atom stereocenters. The molecule has 0 aliphatic carbocycles. The summed E-state index contributed by atoms with van der Waals surface area (Å²) in [7, 11) is -3.87. The van der Waals surface area contributed by atoms with E-state index in [1.807, 2.05) is 0 Å². The molecule has 0 bridgehead atoms. The van der Waals surface area contributed by atoms with Crippen LogP contribution >= 0.6 is 11.6 Å². The summed E-state index contributed by atoms with van der Waals surface area (Å²) in [6.07, 6.45) is -4.47. The van der Waals surface area contributed by atoms with Gasteiger partial charge in [-0.2, -0.15) is 13.2 Å². The fourth-order valence-electron chi connectivity index (χ4n) is 2.16. The van der Waals surface area contributed by atoms with Crippen molar-refractivity contribution >= 4 is 21.6 Å². The molecule has 2 aromatic rings. The van der Waals surface area contributed by atoms with E-state index in [0.717, 1.165) is 12.1 Å². The number of rotatable bonds is 4. The molecule has 2 rings (SSSR count). The molecule has 0 fully saturated rings. The largest absolute Gasteiger partial charge is 0.416 e. The number of nitrogens with one attached hydrogen (secondary N) is 1. The molecule has 0 radical (unpaired) electrons. The number of benzene rings is 2. The molecule has 0 atom stereocenters. The molecule has 0 aliphatic rings. The highest BCUT2D eigenvalue weighted by atomic mass is 35.5. The Balaban J connectivity index is 2.24. The van der Waals surface area contributed by atoms with Crippen LogP contribution in [0.2, 0.25) is 5.02 Å². The van der Waals surface area contributed by atoms with Crippen LogP contribution in [0.1, 0.15) is 22.3 Å². The summed E-state index contributed by atoms with van der Waals surface area (Å²) in [5.41, 5.74) is 0.457. The molecule has 24 heavy (non-hydrogen) atoms. The summed E-state index contributed by atoms with van der Waals surface area (Å²) >= 11 is 5.95. The summed E-state index contributed by atoms with van der Waals surface area (Å²) < 4.78 is 65.2. The maximum absolute atomic E-state index is 12.7. The molecule has 1 N–H and O–H groups in total. The van der Waals surface area contributed by atoms with Crippen LogP contribution in [0.15, 0.2) is 41.3 Å². The first-order valence-electron chi connectivity index (χ1n) is 6.93. The van der Waals surface area contributed by atoms with Gasteiger partial charge in [-0.15, -0.1) is 0 Å². The van der Waals surface area contributed by atoms with Crippen molar-refractivity contribution in [3.63, 3.8) is 0 Å². The maximum atomic E-state index is 12.7. The Morgan fingerprint density at radius 1 is 1.08 bits per heavy atom. The summed E-state index contributed by atoms with van der Waals surface area (Å²) in [6, 6.07) is 7.50. The van der Waals surface area contributed by atoms with E-state index in [4.69, 9.17) is 11.6 Å². The van der Waals surface area contributed by atoms with Gasteiger partial charge in [0.15, 0.2) is 0 Å². The SMILES string of the molecule is Cc1cc(S(=O)(=O)NCc2cccc(C(F)(F)F)c2)c(C)cc1Cl. The summed E-state index contributed by atoms with van der Waals surface area (Å²) in [6.45, 7) is 3.03. The molecular formula is C16H15ClF3NO2S. The Bertz CT molecular complexity index is 864. The van der Waals surface area contributed by atoms with Crippen molar-refractivity contribution in [1.29, 1.82) is 0 Å². The van der Waals surface area contributed by atoms with Crippen LogP contribution < -0.4 is 4.72 Å². The third-order valence-corrected chi connectivity index (χ3v) is 5.42. The summed E-state index contributed by atoms with van der Waals surface area (Å²) in [5, 5.41) is 0.448. The van der Waals surface area contributed by atoms with Crippen molar-refractivity contribution in [3.05, 3.63) is 63.7 Å². The molecule has 2 aromatic carbocycles. The quantitative estimate of drug-likeness (QED) is 0.855. The number of aryl methyl sites for hydroxylation is 2. The van der Waals surface area contributed by atoms with E-state index in [0.29, 0.717) is 16.1 Å². The van der Waals surface area contributed by atoms with E-state index >= 15 is 0 Å². The van der Waals surface area contributed by atoms with Crippen molar-refractivity contribution in [1.82, 2.24) is 4.72 Å². The van der Waals surface area contributed by atoms with E-state index in [1.54, 1.807) is 13.8 Å². The van der Waals surface area contributed by atoms with E-state index in [-0.39, 0.29) is 17.0 Å². The molecule has 130 valence electrons. The Kier molecular flexibility index (Phi) is 5.27. The van der Waals surface area contributed by atoms with E-state index in [9.17, 15) is 21.6 Å². The topological polar surface area (TPSA) is 46.2 Å². The Labute approximate surface area is 143 Å². The second-order valence-corrected chi connectivity index (χ2v) is 7.53. The van der Waals surface area contributed by atoms with E-state index in [2.05, 4.69) is 4.72 Å². The highest BCUT2D eigenvalue weighted by Crippen LogP contribution is 2.29. The fourth-order valence-corrected chi connectivity index (χ4v) is 3.70. The van der Waals surface area contributed by atoms with Crippen molar-refractivity contribution in [2.24, 2.45) is 0 Å². The predicted molar refractivity (Wildman–Crippen MR) is 86.4 cm³/mol. The zero-order valence-corrected chi connectivity index (χ0v) is 14.5. The minimum Gasteiger partial charge on any atom is -0.207 e. The van der Waals surface area contributed by atoms with Crippen LogP contribution in [-0.4, -0.2) is 8.42 Å². The van der Waals surface area contributed by atoms with Gasteiger partial charge < -0.3 is 0 Å². The summed E-state index contributed by atoms with van der Waals surface area (Å²) in [4.78, 5) is 0.0522. The number of hydrogen-bond donors (Lipinski definition) is 1. The van der Waals surface area contributed by atoms with Crippen LogP contribution in [0.3, 0.4) is 0 Å². The molecule has 0 saturated heterocycles. The van der Waals surface area contributed by atoms with Gasteiger partial charge in [0, 0.05) is 11.6 Å². The number of sulfonamides is 1. The maximum Gasteiger partial charge on any atom is 0.416 e. The van der Waals surface area contributed by atoms with Gasteiger partial charge in [-0.1, -0.05) is 29.8 Å². The van der Waals surface area contributed by atoms with Gasteiger partial charge in [-0.3, -0.25) is 0 Å². The lowest BCUT2D eigenvalue weighted by Gasteiger charge is -2.12. The number of hydrogen-bond acceptors (Lipinski definition) is 2. The second kappa shape index (κ2) is 6.74. The zero-order chi connectivity index (χ0) is 18.1. The molecule has 8 heteroatoms. The molecule has 0 aromatic heterocycles. The van der Waals surface area contributed by atoms with Crippen molar-refractivity contribution in [3.8, 4) is 0 Å². The normalized spacial score (nSPS) is 12.4. The van der Waals surface area contributed by atoms with Gasteiger partial charge in [0.2, 0.25) is 10.0 Å². The fraction of sp³-hybridized carbons (Fsp3) is 0.250. The first-order valence-corrected chi connectivity index (χ1v) is 8.79. The van der Waals surface area contributed by atoms with Gasteiger partial charge in [0.1, 0.15) is 0 Å². The molecule has 0 heterocycles. The Hall–Kier alpha value is -1.57. The van der Waals surface area contributed by atoms with Crippen molar-refractivity contribution < 1.29 is 21.6 Å². The zero-order valence-electron chi connectivity index (χ0n) is 12.9. The molecular weight excluding hydrogens is 363 g/mol. The monoisotopic (exact) mass is 377 g/mol. The van der Waals surface area contributed by atoms with Crippen LogP contribution in [0.4, 0.5) is 13.2 Å². The lowest BCUT2D eigenvalue weighted by molar-refractivity contribution is -0.137. The first kappa shape index (κ1) is 18.8. The van der Waals surface area contributed by atoms with Crippen LogP contribution in [-0.2, 0) is 22.7 Å². The van der Waals surface area contributed by atoms with Crippen molar-refractivity contribution in [2.45, 2.75) is 31.5 Å². The third-order valence-electron chi connectivity index (χ3n) is 3.47. The molecule has 3 nitrogen and oxygen atoms in total. The second-order valence-electron chi connectivity index (χ2n) is 5.39. The first-order chi connectivity index (χ1) is 11.0. The molecule has 0 amide bonds. The molecule has 0 saturated carbocycles. The highest BCUT2D eigenvalue weighted by Gasteiger charge is 2.30. The Morgan fingerprint density at radius 2 is 1.75 bits per heavy atom. The van der Waals surface area contributed by atoms with Gasteiger partial charge in [-0.05, 0) is 48.7 Å². The molecule has 0 aliphatic heterocycles. The minimum absolute atomic E-state index is 0.0522. The van der Waals surface area contributed by atoms with Crippen LogP contribution in [0.5, 0.6) is 0 Å². The number of alkyl halides is 3. The molecule has 0 spiro atoms. The van der Waals surface area contributed by atoms with Crippen LogP contribution in [0.25, 0.3) is 0 Å². The average Bonchev–Trinajstić information content (AvgIpc) is 2.48. The van der Waals surface area contributed by atoms with Gasteiger partial charge >= 0.3 is 6.18 Å². The number of halogens is 4. The van der Waals surface area contributed by atoms with Gasteiger partial charge in [-0.25, -0.2) is 13.1 Å². The van der Waals surface area contributed by atoms with Crippen LogP contribution in [0, 0.1) is 13.8 Å². The highest BCUT2D eigenvalue weighted by molar-refractivity contribution is 7.89.